The lowest BCUT2D eigenvalue weighted by atomic mass is 10.2. The summed E-state index contributed by atoms with van der Waals surface area (Å²) >= 11 is 1.33. The zero-order valence-corrected chi connectivity index (χ0v) is 14.1. The van der Waals surface area contributed by atoms with Crippen LogP contribution in [0.1, 0.15) is 9.67 Å². The van der Waals surface area contributed by atoms with E-state index in [0.29, 0.717) is 16.4 Å². The minimum atomic E-state index is -0.364. The first-order valence-electron chi connectivity index (χ1n) is 7.47. The molecule has 0 aliphatic carbocycles. The first-order chi connectivity index (χ1) is 12.2. The molecule has 7 heteroatoms. The van der Waals surface area contributed by atoms with Gasteiger partial charge in [0.15, 0.2) is 5.75 Å². The van der Waals surface area contributed by atoms with Crippen LogP contribution in [0.25, 0.3) is 15.8 Å². The summed E-state index contributed by atoms with van der Waals surface area (Å²) in [5.74, 6) is 0.917. The van der Waals surface area contributed by atoms with Gasteiger partial charge in [0.2, 0.25) is 0 Å². The van der Waals surface area contributed by atoms with Crippen molar-refractivity contribution in [2.24, 2.45) is 0 Å². The van der Waals surface area contributed by atoms with Gasteiger partial charge in [0.1, 0.15) is 10.6 Å². The molecule has 0 bridgehead atoms. The van der Waals surface area contributed by atoms with E-state index in [1.165, 1.54) is 18.4 Å². The van der Waals surface area contributed by atoms with Crippen LogP contribution >= 0.6 is 11.3 Å². The number of methoxy groups -OCH3 is 1. The predicted molar refractivity (Wildman–Crippen MR) is 94.6 cm³/mol. The number of hydrogen-bond donors (Lipinski definition) is 0. The van der Waals surface area contributed by atoms with E-state index in [1.54, 1.807) is 31.0 Å². The smallest absolute Gasteiger partial charge is 0.348 e. The van der Waals surface area contributed by atoms with E-state index in [9.17, 15) is 4.79 Å². The molecule has 0 radical (unpaired) electrons. The highest BCUT2D eigenvalue weighted by atomic mass is 32.1. The van der Waals surface area contributed by atoms with Crippen LogP contribution in [0, 0.1) is 0 Å². The zero-order chi connectivity index (χ0) is 17.2. The predicted octanol–water partition coefficient (Wildman–Crippen LogP) is 4.06. The number of aromatic nitrogens is 3. The van der Waals surface area contributed by atoms with E-state index >= 15 is 0 Å². The van der Waals surface area contributed by atoms with Crippen LogP contribution in [0.4, 0.5) is 0 Å². The van der Waals surface area contributed by atoms with Crippen molar-refractivity contribution in [1.29, 1.82) is 0 Å². The number of hydrogen-bond acceptors (Lipinski definition) is 6. The van der Waals surface area contributed by atoms with Gasteiger partial charge in [-0.15, -0.1) is 11.3 Å². The van der Waals surface area contributed by atoms with Crippen molar-refractivity contribution >= 4 is 27.4 Å². The molecular weight excluding hydrogens is 338 g/mol. The van der Waals surface area contributed by atoms with Gasteiger partial charge in [-0.25, -0.2) is 9.78 Å². The average molecular weight is 351 g/mol. The van der Waals surface area contributed by atoms with Crippen molar-refractivity contribution < 1.29 is 14.3 Å². The second kappa shape index (κ2) is 6.37. The fraction of sp³-hybridized carbons (Fsp3) is 0.0556. The van der Waals surface area contributed by atoms with E-state index in [-0.39, 0.29) is 5.97 Å². The minimum absolute atomic E-state index is 0.364. The van der Waals surface area contributed by atoms with E-state index < -0.39 is 0 Å². The minimum Gasteiger partial charge on any atom is -0.465 e. The highest BCUT2D eigenvalue weighted by molar-refractivity contribution is 7.20. The molecule has 4 aromatic rings. The third kappa shape index (κ3) is 2.97. The van der Waals surface area contributed by atoms with Crippen LogP contribution in [0.15, 0.2) is 61.4 Å². The highest BCUT2D eigenvalue weighted by Crippen LogP contribution is 2.34. The lowest BCUT2D eigenvalue weighted by molar-refractivity contribution is 0.0606. The summed E-state index contributed by atoms with van der Waals surface area (Å²) in [4.78, 5) is 20.5. The second-order valence-corrected chi connectivity index (χ2v) is 6.30. The van der Waals surface area contributed by atoms with Gasteiger partial charge in [-0.05, 0) is 30.3 Å². The number of rotatable bonds is 4. The summed E-state index contributed by atoms with van der Waals surface area (Å²) in [6.07, 6.45) is 8.69. The Hall–Kier alpha value is -3.19. The molecule has 4 rings (SSSR count). The summed E-state index contributed by atoms with van der Waals surface area (Å²) in [6.45, 7) is 0. The van der Waals surface area contributed by atoms with Crippen molar-refractivity contribution in [3.8, 4) is 17.2 Å². The fourth-order valence-electron chi connectivity index (χ4n) is 2.44. The van der Waals surface area contributed by atoms with E-state index in [0.717, 1.165) is 15.8 Å². The number of nitrogens with zero attached hydrogens (tertiary/aromatic N) is 3. The van der Waals surface area contributed by atoms with Gasteiger partial charge < -0.3 is 14.0 Å². The number of pyridine rings is 1. The highest BCUT2D eigenvalue weighted by Gasteiger charge is 2.14. The molecule has 0 spiro atoms. The fourth-order valence-corrected chi connectivity index (χ4v) is 3.41. The lowest BCUT2D eigenvalue weighted by Gasteiger charge is -2.08. The summed E-state index contributed by atoms with van der Waals surface area (Å²) in [5, 5.41) is 0.832. The number of benzene rings is 1. The van der Waals surface area contributed by atoms with E-state index in [4.69, 9.17) is 9.47 Å². The average Bonchev–Trinajstić information content (AvgIpc) is 3.32. The molecule has 0 saturated carbocycles. The molecule has 0 aliphatic heterocycles. The molecule has 6 nitrogen and oxygen atoms in total. The molecule has 124 valence electrons. The molecule has 0 aliphatic rings. The van der Waals surface area contributed by atoms with Crippen molar-refractivity contribution in [1.82, 2.24) is 14.5 Å². The van der Waals surface area contributed by atoms with Gasteiger partial charge in [0.05, 0.1) is 24.3 Å². The molecule has 0 atom stereocenters. The maximum Gasteiger partial charge on any atom is 0.348 e. The molecule has 0 saturated heterocycles. The number of thiophene rings is 1. The number of carbonyl (C=O) groups is 1. The third-order valence-electron chi connectivity index (χ3n) is 3.66. The van der Waals surface area contributed by atoms with Crippen LogP contribution in [-0.2, 0) is 4.74 Å². The van der Waals surface area contributed by atoms with Crippen LogP contribution < -0.4 is 4.74 Å². The van der Waals surface area contributed by atoms with Gasteiger partial charge in [0.25, 0.3) is 0 Å². The van der Waals surface area contributed by atoms with Crippen molar-refractivity contribution in [2.75, 3.05) is 7.11 Å². The molecule has 0 N–H and O–H groups in total. The Morgan fingerprint density at radius 3 is 2.72 bits per heavy atom. The standard InChI is InChI=1S/C18H13N3O3S/c1-23-18(22)16-8-14-15(9-20-10-17(14)25-16)24-13-4-2-12(3-5-13)21-7-6-19-11-21/h2-11H,1H3. The Labute approximate surface area is 147 Å². The monoisotopic (exact) mass is 351 g/mol. The Kier molecular flexibility index (Phi) is 3.91. The number of imidazole rings is 1. The van der Waals surface area contributed by atoms with Gasteiger partial charge in [-0.1, -0.05) is 0 Å². The largest absolute Gasteiger partial charge is 0.465 e. The van der Waals surface area contributed by atoms with Crippen LogP contribution in [0.5, 0.6) is 11.5 Å². The molecular formula is C18H13N3O3S. The molecule has 3 aromatic heterocycles. The topological polar surface area (TPSA) is 66.2 Å². The number of esters is 1. The van der Waals surface area contributed by atoms with Crippen LogP contribution in [0.3, 0.4) is 0 Å². The Morgan fingerprint density at radius 2 is 2.00 bits per heavy atom. The SMILES string of the molecule is COC(=O)c1cc2c(Oc3ccc(-n4ccnc4)cc3)cncc2s1. The van der Waals surface area contributed by atoms with Crippen molar-refractivity contribution in [2.45, 2.75) is 0 Å². The summed E-state index contributed by atoms with van der Waals surface area (Å²) < 4.78 is 13.5. The summed E-state index contributed by atoms with van der Waals surface area (Å²) in [5.41, 5.74) is 0.990. The molecule has 0 unspecified atom stereocenters. The number of ether oxygens (including phenoxy) is 2. The molecule has 0 fully saturated rings. The summed E-state index contributed by atoms with van der Waals surface area (Å²) in [6, 6.07) is 9.41. The lowest BCUT2D eigenvalue weighted by Crippen LogP contribution is -1.96. The molecule has 0 amide bonds. The van der Waals surface area contributed by atoms with Crippen LogP contribution in [-0.4, -0.2) is 27.6 Å². The summed E-state index contributed by atoms with van der Waals surface area (Å²) in [7, 11) is 1.37. The quantitative estimate of drug-likeness (QED) is 0.519. The molecule has 25 heavy (non-hydrogen) atoms. The van der Waals surface area contributed by atoms with Crippen LogP contribution in [0.2, 0.25) is 0 Å². The van der Waals surface area contributed by atoms with Gasteiger partial charge >= 0.3 is 5.97 Å². The molecule has 3 heterocycles. The van der Waals surface area contributed by atoms with Gasteiger partial charge in [-0.3, -0.25) is 4.98 Å². The molecule has 1 aromatic carbocycles. The number of carbonyl (C=O) groups excluding carboxylic acids is 1. The normalized spacial score (nSPS) is 10.8. The first kappa shape index (κ1) is 15.3. The first-order valence-corrected chi connectivity index (χ1v) is 8.28. The van der Waals surface area contributed by atoms with Gasteiger partial charge in [-0.2, -0.15) is 0 Å². The maximum atomic E-state index is 11.7. The van der Waals surface area contributed by atoms with Crippen molar-refractivity contribution in [3.05, 3.63) is 66.3 Å². The Bertz CT molecular complexity index is 1020. The van der Waals surface area contributed by atoms with E-state index in [1.807, 2.05) is 35.0 Å². The maximum absolute atomic E-state index is 11.7. The zero-order valence-electron chi connectivity index (χ0n) is 13.2. The van der Waals surface area contributed by atoms with Crippen molar-refractivity contribution in [3.63, 3.8) is 0 Å². The number of fused-ring (bicyclic) bond motifs is 1. The Morgan fingerprint density at radius 1 is 1.16 bits per heavy atom. The van der Waals surface area contributed by atoms with Gasteiger partial charge in [0, 0.05) is 29.7 Å². The van der Waals surface area contributed by atoms with E-state index in [2.05, 4.69) is 9.97 Å². The Balaban J connectivity index is 1.64. The third-order valence-corrected chi connectivity index (χ3v) is 4.71. The second-order valence-electron chi connectivity index (χ2n) is 5.22.